The van der Waals surface area contributed by atoms with Gasteiger partial charge in [0.05, 0.1) is 32.4 Å². The molecule has 10 nitrogen and oxygen atoms in total. The lowest BCUT2D eigenvalue weighted by atomic mass is 9.69. The van der Waals surface area contributed by atoms with Crippen LogP contribution in [-0.2, 0) is 16.0 Å². The number of nitrogens with one attached hydrogen (secondary N) is 1. The fourth-order valence-corrected chi connectivity index (χ4v) is 5.85. The van der Waals surface area contributed by atoms with Crippen LogP contribution in [0.15, 0.2) is 60.7 Å². The molecule has 3 aromatic carbocycles. The Morgan fingerprint density at radius 3 is 2.64 bits per heavy atom. The number of esters is 1. The van der Waals surface area contributed by atoms with Crippen LogP contribution in [0.1, 0.15) is 54.4 Å². The van der Waals surface area contributed by atoms with E-state index in [2.05, 4.69) is 32.2 Å². The number of para-hydroxylation sites is 1. The van der Waals surface area contributed by atoms with E-state index in [0.717, 1.165) is 29.2 Å². The summed E-state index contributed by atoms with van der Waals surface area (Å²) < 4.78 is 16.6. The van der Waals surface area contributed by atoms with E-state index in [-0.39, 0.29) is 34.5 Å². The molecule has 45 heavy (non-hydrogen) atoms. The van der Waals surface area contributed by atoms with Gasteiger partial charge in [0.1, 0.15) is 0 Å². The van der Waals surface area contributed by atoms with Crippen LogP contribution in [-0.4, -0.2) is 35.2 Å². The molecule has 2 aliphatic rings. The Morgan fingerprint density at radius 1 is 1.09 bits per heavy atom. The van der Waals surface area contributed by atoms with E-state index in [0.29, 0.717) is 40.1 Å². The molecular weight excluding hydrogens is 598 g/mol. The lowest BCUT2D eigenvalue weighted by molar-refractivity contribution is -0.384. The highest BCUT2D eigenvalue weighted by molar-refractivity contribution is 6.33. The first-order chi connectivity index (χ1) is 21.5. The highest BCUT2D eigenvalue weighted by Crippen LogP contribution is 2.45. The van der Waals surface area contributed by atoms with Gasteiger partial charge < -0.3 is 19.5 Å². The van der Waals surface area contributed by atoms with Crippen LogP contribution in [0.25, 0.3) is 22.6 Å². The van der Waals surface area contributed by atoms with Gasteiger partial charge in [-0.1, -0.05) is 56.6 Å². The zero-order chi connectivity index (χ0) is 31.9. The van der Waals surface area contributed by atoms with Gasteiger partial charge in [-0.25, -0.2) is 9.78 Å². The molecule has 1 amide bonds. The molecule has 11 heteroatoms. The number of halogens is 1. The molecule has 6 rings (SSSR count). The molecule has 1 aliphatic carbocycles. The maximum Gasteiger partial charge on any atom is 0.339 e. The van der Waals surface area contributed by atoms with Crippen molar-refractivity contribution in [1.82, 2.24) is 4.98 Å². The number of non-ortho nitro benzene ring substituents is 1. The Bertz CT molecular complexity index is 1900. The van der Waals surface area contributed by atoms with Crippen LogP contribution >= 0.6 is 11.6 Å². The molecule has 0 radical (unpaired) electrons. The molecular formula is C34H30ClN3O7. The van der Waals surface area contributed by atoms with Crippen molar-refractivity contribution in [3.63, 3.8) is 0 Å². The Hall–Kier alpha value is -4.96. The van der Waals surface area contributed by atoms with Crippen LogP contribution < -0.4 is 14.8 Å². The average molecular weight is 628 g/mol. The molecule has 1 atom stereocenters. The van der Waals surface area contributed by atoms with Crippen molar-refractivity contribution in [3.8, 4) is 11.5 Å². The van der Waals surface area contributed by atoms with Crippen molar-refractivity contribution in [2.45, 2.75) is 33.6 Å². The van der Waals surface area contributed by atoms with Crippen molar-refractivity contribution >= 4 is 57.4 Å². The number of anilines is 1. The first-order valence-electron chi connectivity index (χ1n) is 14.4. The zero-order valence-corrected chi connectivity index (χ0v) is 25.6. The summed E-state index contributed by atoms with van der Waals surface area (Å²) in [5.41, 5.74) is 4.09. The Balaban J connectivity index is 1.36. The van der Waals surface area contributed by atoms with Crippen LogP contribution in [0.4, 0.5) is 11.4 Å². The van der Waals surface area contributed by atoms with Gasteiger partial charge in [-0.15, -0.1) is 0 Å². The third-order valence-corrected chi connectivity index (χ3v) is 8.48. The largest absolute Gasteiger partial charge is 0.454 e. The number of nitrogens with zero attached hydrogens (tertiary/aromatic N) is 2. The summed E-state index contributed by atoms with van der Waals surface area (Å²) in [7, 11) is 0. The molecule has 0 saturated carbocycles. The Morgan fingerprint density at radius 2 is 1.87 bits per heavy atom. The van der Waals surface area contributed by atoms with Gasteiger partial charge in [0, 0.05) is 17.5 Å². The molecule has 4 aromatic rings. The lowest BCUT2D eigenvalue weighted by Crippen LogP contribution is -2.29. The minimum atomic E-state index is -0.686. The number of nitro benzene ring substituents is 1. The average Bonchev–Trinajstić information content (AvgIpc) is 3.47. The zero-order valence-electron chi connectivity index (χ0n) is 24.9. The van der Waals surface area contributed by atoms with E-state index in [1.807, 2.05) is 42.5 Å². The minimum Gasteiger partial charge on any atom is -0.454 e. The number of nitro groups is 1. The van der Waals surface area contributed by atoms with Gasteiger partial charge in [-0.3, -0.25) is 14.9 Å². The number of rotatable bonds is 6. The third kappa shape index (κ3) is 6.19. The number of aromatic nitrogens is 1. The van der Waals surface area contributed by atoms with Gasteiger partial charge in [0.15, 0.2) is 18.1 Å². The van der Waals surface area contributed by atoms with Gasteiger partial charge in [-0.2, -0.15) is 0 Å². The standard InChI is InChI=1S/C34H30ClN3O7/c1-34(2,3)21-14-20(12-19-8-11-28-29(13-19)45-18-44-28)32-24(15-21)31(23-6-4-5-7-26(23)37-32)33(40)43-17-30(39)36-27-16-22(38(41)42)9-10-25(27)35/h4-13,16,21H,14-15,17-18H2,1-3H3,(H,36,39)/b20-12-/t21-/m1/s1. The number of pyridine rings is 1. The van der Waals surface area contributed by atoms with E-state index in [9.17, 15) is 19.7 Å². The van der Waals surface area contributed by atoms with Crippen molar-refractivity contribution in [3.05, 3.63) is 98.2 Å². The molecule has 0 unspecified atom stereocenters. The summed E-state index contributed by atoms with van der Waals surface area (Å²) in [6, 6.07) is 16.8. The number of carbonyl (C=O) groups excluding carboxylic acids is 2. The van der Waals surface area contributed by atoms with Crippen molar-refractivity contribution < 1.29 is 28.7 Å². The van der Waals surface area contributed by atoms with Crippen LogP contribution in [0.2, 0.25) is 5.02 Å². The molecule has 2 heterocycles. The quantitative estimate of drug-likeness (QED) is 0.132. The molecule has 0 spiro atoms. The number of fused-ring (bicyclic) bond motifs is 3. The van der Waals surface area contributed by atoms with Gasteiger partial charge in [-0.05, 0) is 71.2 Å². The van der Waals surface area contributed by atoms with Crippen LogP contribution in [0.3, 0.4) is 0 Å². The molecule has 0 bridgehead atoms. The Kier molecular flexibility index (Phi) is 7.92. The molecule has 1 N–H and O–H groups in total. The molecule has 1 aliphatic heterocycles. The number of allylic oxidation sites excluding steroid dienone is 1. The van der Waals surface area contributed by atoms with E-state index >= 15 is 0 Å². The maximum absolute atomic E-state index is 13.9. The number of ether oxygens (including phenoxy) is 3. The summed E-state index contributed by atoms with van der Waals surface area (Å²) >= 11 is 6.13. The first kappa shape index (κ1) is 30.1. The van der Waals surface area contributed by atoms with Gasteiger partial charge >= 0.3 is 5.97 Å². The fourth-order valence-electron chi connectivity index (χ4n) is 5.69. The number of hydrogen-bond donors (Lipinski definition) is 1. The molecule has 1 aromatic heterocycles. The Labute approximate surface area is 264 Å². The van der Waals surface area contributed by atoms with Crippen molar-refractivity contribution in [2.75, 3.05) is 18.7 Å². The highest BCUT2D eigenvalue weighted by atomic mass is 35.5. The highest BCUT2D eigenvalue weighted by Gasteiger charge is 2.35. The smallest absolute Gasteiger partial charge is 0.339 e. The van der Waals surface area contributed by atoms with Crippen LogP contribution in [0, 0.1) is 21.4 Å². The van der Waals surface area contributed by atoms with Gasteiger partial charge in [0.25, 0.3) is 11.6 Å². The normalized spacial score (nSPS) is 16.4. The SMILES string of the molecule is CC(C)(C)[C@@H]1C/C(=C/c2ccc3c(c2)OCO3)c2nc3ccccc3c(C(=O)OCC(=O)Nc3cc([N+](=O)[O-])ccc3Cl)c2C1. The summed E-state index contributed by atoms with van der Waals surface area (Å²) in [5, 5.41) is 14.4. The second-order valence-corrected chi connectivity index (χ2v) is 12.5. The summed E-state index contributed by atoms with van der Waals surface area (Å²) in [5.74, 6) is 0.197. The van der Waals surface area contributed by atoms with Crippen molar-refractivity contribution in [2.24, 2.45) is 11.3 Å². The second kappa shape index (κ2) is 11.9. The fraction of sp³-hybridized carbons (Fsp3) is 0.265. The van der Waals surface area contributed by atoms with Crippen molar-refractivity contribution in [1.29, 1.82) is 0 Å². The monoisotopic (exact) mass is 627 g/mol. The molecule has 230 valence electrons. The first-order valence-corrected chi connectivity index (χ1v) is 14.8. The summed E-state index contributed by atoms with van der Waals surface area (Å²) in [6.07, 6.45) is 3.41. The van der Waals surface area contributed by atoms with E-state index in [1.54, 1.807) is 0 Å². The van der Waals surface area contributed by atoms with E-state index < -0.39 is 23.4 Å². The molecule has 0 fully saturated rings. The lowest BCUT2D eigenvalue weighted by Gasteiger charge is -2.36. The van der Waals surface area contributed by atoms with E-state index in [1.165, 1.54) is 12.1 Å². The van der Waals surface area contributed by atoms with E-state index in [4.69, 9.17) is 30.8 Å². The number of hydrogen-bond acceptors (Lipinski definition) is 8. The maximum atomic E-state index is 13.9. The number of benzene rings is 3. The van der Waals surface area contributed by atoms with Crippen LogP contribution in [0.5, 0.6) is 11.5 Å². The topological polar surface area (TPSA) is 130 Å². The predicted molar refractivity (Wildman–Crippen MR) is 170 cm³/mol. The van der Waals surface area contributed by atoms with Gasteiger partial charge in [0.2, 0.25) is 6.79 Å². The predicted octanol–water partition coefficient (Wildman–Crippen LogP) is 7.47. The second-order valence-electron chi connectivity index (χ2n) is 12.1. The summed E-state index contributed by atoms with van der Waals surface area (Å²) in [6.45, 7) is 6.09. The summed E-state index contributed by atoms with van der Waals surface area (Å²) in [4.78, 5) is 42.2. The molecule has 0 saturated heterocycles. The third-order valence-electron chi connectivity index (χ3n) is 8.15. The number of amides is 1. The minimum absolute atomic E-state index is 0.0463. The number of carbonyl (C=O) groups is 2.